The number of rotatable bonds is 6. The van der Waals surface area contributed by atoms with Crippen LogP contribution in [0.4, 0.5) is 0 Å². The monoisotopic (exact) mass is 344 g/mol. The molecule has 5 heteroatoms. The van der Waals surface area contributed by atoms with Gasteiger partial charge in [-0.1, -0.05) is 25.5 Å². The molecule has 1 aliphatic heterocycles. The highest BCUT2D eigenvalue weighted by atomic mass is 16.5. The van der Waals surface area contributed by atoms with E-state index in [0.717, 1.165) is 24.2 Å². The normalized spacial score (nSPS) is 25.3. The van der Waals surface area contributed by atoms with Crippen LogP contribution >= 0.6 is 0 Å². The van der Waals surface area contributed by atoms with E-state index in [4.69, 9.17) is 4.74 Å². The molecule has 2 N–H and O–H groups in total. The molecule has 138 valence electrons. The third-order valence-electron chi connectivity index (χ3n) is 5.45. The molecule has 1 heterocycles. The number of aliphatic imine (C=N–C) groups is 1. The van der Waals surface area contributed by atoms with Crippen LogP contribution < -0.4 is 15.4 Å². The standard InChI is InChI=1S/C20H32N4O/c1-15-13-18(15)23-20(21-2)22-14-19(24-11-5-4-6-12-24)16-7-9-17(25-3)10-8-16/h7-10,15,18-19H,4-6,11-14H2,1-3H3,(H2,21,22,23). The van der Waals surface area contributed by atoms with Crippen LogP contribution in [-0.4, -0.2) is 50.7 Å². The predicted molar refractivity (Wildman–Crippen MR) is 103 cm³/mol. The molecule has 0 amide bonds. The topological polar surface area (TPSA) is 48.9 Å². The van der Waals surface area contributed by atoms with E-state index in [1.807, 2.05) is 7.05 Å². The average molecular weight is 345 g/mol. The van der Waals surface area contributed by atoms with Gasteiger partial charge in [-0.05, 0) is 56.0 Å². The lowest BCUT2D eigenvalue weighted by Gasteiger charge is -2.35. The number of piperidine rings is 1. The van der Waals surface area contributed by atoms with E-state index in [-0.39, 0.29) is 0 Å². The van der Waals surface area contributed by atoms with Crippen molar-refractivity contribution in [1.29, 1.82) is 0 Å². The summed E-state index contributed by atoms with van der Waals surface area (Å²) in [6.07, 6.45) is 5.18. The molecule has 1 saturated heterocycles. The number of likely N-dealkylation sites (tertiary alicyclic amines) is 1. The third kappa shape index (κ3) is 4.88. The van der Waals surface area contributed by atoms with Crippen molar-refractivity contribution in [3.05, 3.63) is 29.8 Å². The number of ether oxygens (including phenoxy) is 1. The molecule has 0 bridgehead atoms. The fourth-order valence-electron chi connectivity index (χ4n) is 3.60. The Morgan fingerprint density at radius 2 is 1.92 bits per heavy atom. The zero-order valence-electron chi connectivity index (χ0n) is 15.8. The maximum absolute atomic E-state index is 5.31. The second-order valence-electron chi connectivity index (χ2n) is 7.30. The van der Waals surface area contributed by atoms with Crippen molar-refractivity contribution in [2.45, 2.75) is 44.7 Å². The summed E-state index contributed by atoms with van der Waals surface area (Å²) in [6.45, 7) is 5.49. The Labute approximate surface area is 151 Å². The number of nitrogens with one attached hydrogen (secondary N) is 2. The highest BCUT2D eigenvalue weighted by Gasteiger charge is 2.33. The lowest BCUT2D eigenvalue weighted by atomic mass is 10.0. The van der Waals surface area contributed by atoms with Gasteiger partial charge in [0.25, 0.3) is 0 Å². The number of hydrogen-bond acceptors (Lipinski definition) is 3. The van der Waals surface area contributed by atoms with Crippen molar-refractivity contribution in [3.8, 4) is 5.75 Å². The molecule has 1 aromatic rings. The van der Waals surface area contributed by atoms with Gasteiger partial charge >= 0.3 is 0 Å². The Bertz CT molecular complexity index is 566. The molecule has 0 aromatic heterocycles. The first-order chi connectivity index (χ1) is 12.2. The fraction of sp³-hybridized carbons (Fsp3) is 0.650. The van der Waals surface area contributed by atoms with E-state index >= 15 is 0 Å². The molecule has 1 saturated carbocycles. The molecule has 3 unspecified atom stereocenters. The maximum atomic E-state index is 5.31. The molecule has 1 aromatic carbocycles. The summed E-state index contributed by atoms with van der Waals surface area (Å²) in [5, 5.41) is 7.07. The number of hydrogen-bond donors (Lipinski definition) is 2. The maximum Gasteiger partial charge on any atom is 0.191 e. The number of nitrogens with zero attached hydrogens (tertiary/aromatic N) is 2. The van der Waals surface area contributed by atoms with E-state index in [1.165, 1.54) is 44.3 Å². The second-order valence-corrected chi connectivity index (χ2v) is 7.30. The first kappa shape index (κ1) is 18.1. The average Bonchev–Trinajstić information content (AvgIpc) is 3.37. The molecule has 25 heavy (non-hydrogen) atoms. The molecule has 2 fully saturated rings. The van der Waals surface area contributed by atoms with Gasteiger partial charge in [-0.25, -0.2) is 0 Å². The summed E-state index contributed by atoms with van der Waals surface area (Å²) in [5.74, 6) is 2.59. The number of guanidine groups is 1. The van der Waals surface area contributed by atoms with Crippen LogP contribution in [0.15, 0.2) is 29.3 Å². The molecule has 3 atom stereocenters. The van der Waals surface area contributed by atoms with E-state index in [1.54, 1.807) is 7.11 Å². The van der Waals surface area contributed by atoms with Crippen LogP contribution in [0.2, 0.25) is 0 Å². The van der Waals surface area contributed by atoms with Crippen LogP contribution in [0, 0.1) is 5.92 Å². The molecular formula is C20H32N4O. The van der Waals surface area contributed by atoms with E-state index in [9.17, 15) is 0 Å². The minimum absolute atomic E-state index is 0.362. The molecule has 0 spiro atoms. The minimum Gasteiger partial charge on any atom is -0.497 e. The van der Waals surface area contributed by atoms with E-state index < -0.39 is 0 Å². The fourth-order valence-corrected chi connectivity index (χ4v) is 3.60. The van der Waals surface area contributed by atoms with Crippen LogP contribution in [0.1, 0.15) is 44.2 Å². The summed E-state index contributed by atoms with van der Waals surface area (Å²) in [7, 11) is 3.57. The molecule has 2 aliphatic rings. The summed E-state index contributed by atoms with van der Waals surface area (Å²) in [4.78, 5) is 7.00. The molecular weight excluding hydrogens is 312 g/mol. The Balaban J connectivity index is 1.66. The van der Waals surface area contributed by atoms with Gasteiger partial charge in [0.15, 0.2) is 5.96 Å². The Morgan fingerprint density at radius 3 is 2.48 bits per heavy atom. The SMILES string of the molecule is CN=C(NCC(c1ccc(OC)cc1)N1CCCCC1)NC1CC1C. The summed E-state index contributed by atoms with van der Waals surface area (Å²) >= 11 is 0. The van der Waals surface area contributed by atoms with Gasteiger partial charge in [0.05, 0.1) is 13.2 Å². The van der Waals surface area contributed by atoms with Crippen LogP contribution in [0.3, 0.4) is 0 Å². The summed E-state index contributed by atoms with van der Waals surface area (Å²) in [6, 6.07) is 9.45. The zero-order chi connectivity index (χ0) is 17.6. The van der Waals surface area contributed by atoms with Crippen molar-refractivity contribution < 1.29 is 4.74 Å². The first-order valence-corrected chi connectivity index (χ1v) is 9.56. The van der Waals surface area contributed by atoms with Gasteiger partial charge in [-0.3, -0.25) is 9.89 Å². The van der Waals surface area contributed by atoms with Crippen LogP contribution in [-0.2, 0) is 0 Å². The van der Waals surface area contributed by atoms with Crippen molar-refractivity contribution in [2.75, 3.05) is 33.8 Å². The summed E-state index contributed by atoms with van der Waals surface area (Å²) < 4.78 is 5.31. The number of benzene rings is 1. The van der Waals surface area contributed by atoms with E-state index in [0.29, 0.717) is 12.1 Å². The van der Waals surface area contributed by atoms with Crippen molar-refractivity contribution in [2.24, 2.45) is 10.9 Å². The third-order valence-corrected chi connectivity index (χ3v) is 5.45. The van der Waals surface area contributed by atoms with Gasteiger partial charge in [0, 0.05) is 19.6 Å². The lowest BCUT2D eigenvalue weighted by molar-refractivity contribution is 0.164. The van der Waals surface area contributed by atoms with Crippen LogP contribution in [0.25, 0.3) is 0 Å². The second kappa shape index (κ2) is 8.56. The van der Waals surface area contributed by atoms with Gasteiger partial charge in [0.1, 0.15) is 5.75 Å². The highest BCUT2D eigenvalue weighted by molar-refractivity contribution is 5.80. The molecule has 5 nitrogen and oxygen atoms in total. The number of methoxy groups -OCH3 is 1. The molecule has 1 aliphatic carbocycles. The highest BCUT2D eigenvalue weighted by Crippen LogP contribution is 2.29. The van der Waals surface area contributed by atoms with Gasteiger partial charge < -0.3 is 15.4 Å². The van der Waals surface area contributed by atoms with Gasteiger partial charge in [0.2, 0.25) is 0 Å². The van der Waals surface area contributed by atoms with Gasteiger partial charge in [-0.2, -0.15) is 0 Å². The quantitative estimate of drug-likeness (QED) is 0.615. The molecule has 3 rings (SSSR count). The van der Waals surface area contributed by atoms with Gasteiger partial charge in [-0.15, -0.1) is 0 Å². The Morgan fingerprint density at radius 1 is 1.24 bits per heavy atom. The zero-order valence-corrected chi connectivity index (χ0v) is 15.8. The van der Waals surface area contributed by atoms with Crippen molar-refractivity contribution in [3.63, 3.8) is 0 Å². The Hall–Kier alpha value is -1.75. The first-order valence-electron chi connectivity index (χ1n) is 9.56. The van der Waals surface area contributed by atoms with Crippen LogP contribution in [0.5, 0.6) is 5.75 Å². The summed E-state index contributed by atoms with van der Waals surface area (Å²) in [5.41, 5.74) is 1.34. The Kier molecular flexibility index (Phi) is 6.19. The minimum atomic E-state index is 0.362. The lowest BCUT2D eigenvalue weighted by Crippen LogP contribution is -2.45. The van der Waals surface area contributed by atoms with Crippen molar-refractivity contribution in [1.82, 2.24) is 15.5 Å². The molecule has 0 radical (unpaired) electrons. The van der Waals surface area contributed by atoms with E-state index in [2.05, 4.69) is 51.7 Å². The van der Waals surface area contributed by atoms with Crippen molar-refractivity contribution >= 4 is 5.96 Å². The largest absolute Gasteiger partial charge is 0.497 e. The predicted octanol–water partition coefficient (Wildman–Crippen LogP) is 2.80. The smallest absolute Gasteiger partial charge is 0.191 e.